The molecule has 2 rings (SSSR count). The first-order valence-corrected chi connectivity index (χ1v) is 7.85. The summed E-state index contributed by atoms with van der Waals surface area (Å²) in [7, 11) is 5.81. The molecule has 1 fully saturated rings. The molecule has 19 heavy (non-hydrogen) atoms. The highest BCUT2D eigenvalue weighted by atomic mass is 79.9. The Balaban J connectivity index is 2.23. The second kappa shape index (κ2) is 6.86. The van der Waals surface area contributed by atoms with E-state index in [-0.39, 0.29) is 12.1 Å². The summed E-state index contributed by atoms with van der Waals surface area (Å²) < 4.78 is 8.83. The highest BCUT2D eigenvalue weighted by Crippen LogP contribution is 2.35. The molecule has 2 unspecified atom stereocenters. The van der Waals surface area contributed by atoms with E-state index in [9.17, 15) is 0 Å². The van der Waals surface area contributed by atoms with E-state index >= 15 is 0 Å². The van der Waals surface area contributed by atoms with Gasteiger partial charge in [0.1, 0.15) is 0 Å². The number of nitrogens with one attached hydrogen (secondary N) is 1. The Morgan fingerprint density at radius 1 is 1.42 bits per heavy atom. The minimum Gasteiger partial charge on any atom is -0.379 e. The zero-order valence-corrected chi connectivity index (χ0v) is 13.6. The van der Waals surface area contributed by atoms with Crippen LogP contribution in [0.2, 0.25) is 0 Å². The molecule has 1 aliphatic carbocycles. The standard InChI is InChI=1S/C14H24BrN3O/c1-16-12(13-11(15)9-17-18(13)2)14(19-3)10-7-5-4-6-8-10/h9-10,12,14,16H,4-8H2,1-3H3. The van der Waals surface area contributed by atoms with Gasteiger partial charge < -0.3 is 10.1 Å². The minimum atomic E-state index is 0.176. The zero-order chi connectivity index (χ0) is 13.8. The summed E-state index contributed by atoms with van der Waals surface area (Å²) in [6, 6.07) is 0.176. The second-order valence-corrected chi connectivity index (χ2v) is 6.22. The van der Waals surface area contributed by atoms with Crippen molar-refractivity contribution in [1.82, 2.24) is 15.1 Å². The van der Waals surface area contributed by atoms with Crippen molar-refractivity contribution in [2.24, 2.45) is 13.0 Å². The highest BCUT2D eigenvalue weighted by Gasteiger charge is 2.33. The zero-order valence-electron chi connectivity index (χ0n) is 12.0. The van der Waals surface area contributed by atoms with Gasteiger partial charge in [0, 0.05) is 14.2 Å². The van der Waals surface area contributed by atoms with Crippen LogP contribution >= 0.6 is 15.9 Å². The molecular formula is C14H24BrN3O. The van der Waals surface area contributed by atoms with Gasteiger partial charge in [0.15, 0.2) is 0 Å². The second-order valence-electron chi connectivity index (χ2n) is 5.37. The Labute approximate surface area is 124 Å². The third kappa shape index (κ3) is 3.20. The van der Waals surface area contributed by atoms with Gasteiger partial charge in [0.2, 0.25) is 0 Å². The molecule has 1 aliphatic rings. The summed E-state index contributed by atoms with van der Waals surface area (Å²) in [6.07, 6.45) is 8.62. The van der Waals surface area contributed by atoms with Crippen LogP contribution in [-0.2, 0) is 11.8 Å². The third-order valence-electron chi connectivity index (χ3n) is 4.26. The van der Waals surface area contributed by atoms with Crippen molar-refractivity contribution >= 4 is 15.9 Å². The number of nitrogens with zero attached hydrogens (tertiary/aromatic N) is 2. The van der Waals surface area contributed by atoms with Crippen LogP contribution in [0.15, 0.2) is 10.7 Å². The molecule has 1 aromatic rings. The fraction of sp³-hybridized carbons (Fsp3) is 0.786. The molecule has 1 heterocycles. The first kappa shape index (κ1) is 15.0. The van der Waals surface area contributed by atoms with Crippen LogP contribution in [0.1, 0.15) is 43.8 Å². The Kier molecular flexibility index (Phi) is 5.42. The summed E-state index contributed by atoms with van der Waals surface area (Å²) in [5.74, 6) is 0.637. The Hall–Kier alpha value is -0.390. The average molecular weight is 330 g/mol. The summed E-state index contributed by atoms with van der Waals surface area (Å²) in [5, 5.41) is 7.74. The SMILES string of the molecule is CNC(c1c(Br)cnn1C)C(OC)C1CCCCC1. The van der Waals surface area contributed by atoms with E-state index < -0.39 is 0 Å². The Bertz CT molecular complexity index is 382. The number of methoxy groups -OCH3 is 1. The number of ether oxygens (including phenoxy) is 1. The van der Waals surface area contributed by atoms with Crippen LogP contribution in [0.5, 0.6) is 0 Å². The molecule has 0 amide bonds. The number of aromatic nitrogens is 2. The van der Waals surface area contributed by atoms with Crippen molar-refractivity contribution in [3.8, 4) is 0 Å². The van der Waals surface area contributed by atoms with Gasteiger partial charge in [0.25, 0.3) is 0 Å². The van der Waals surface area contributed by atoms with Gasteiger partial charge in [-0.1, -0.05) is 19.3 Å². The van der Waals surface area contributed by atoms with E-state index in [1.54, 1.807) is 0 Å². The summed E-state index contributed by atoms with van der Waals surface area (Å²) in [6.45, 7) is 0. The minimum absolute atomic E-state index is 0.176. The molecule has 2 atom stereocenters. The largest absolute Gasteiger partial charge is 0.379 e. The van der Waals surface area contributed by atoms with Crippen LogP contribution in [0.4, 0.5) is 0 Å². The van der Waals surface area contributed by atoms with Crippen molar-refractivity contribution in [3.63, 3.8) is 0 Å². The van der Waals surface area contributed by atoms with E-state index in [4.69, 9.17) is 4.74 Å². The van der Waals surface area contributed by atoms with Crippen LogP contribution in [-0.4, -0.2) is 30.0 Å². The quantitative estimate of drug-likeness (QED) is 0.902. The van der Waals surface area contributed by atoms with E-state index in [0.717, 1.165) is 4.47 Å². The molecule has 1 saturated carbocycles. The van der Waals surface area contributed by atoms with Gasteiger partial charge in [-0.15, -0.1) is 0 Å². The predicted molar refractivity (Wildman–Crippen MR) is 80.1 cm³/mol. The summed E-state index contributed by atoms with van der Waals surface area (Å²) >= 11 is 3.60. The van der Waals surface area contributed by atoms with E-state index in [1.165, 1.54) is 37.8 Å². The van der Waals surface area contributed by atoms with Crippen LogP contribution < -0.4 is 5.32 Å². The van der Waals surface area contributed by atoms with Gasteiger partial charge in [-0.2, -0.15) is 5.10 Å². The molecule has 1 aromatic heterocycles. The molecule has 108 valence electrons. The molecule has 0 bridgehead atoms. The Morgan fingerprint density at radius 3 is 2.58 bits per heavy atom. The molecule has 0 spiro atoms. The van der Waals surface area contributed by atoms with Crippen LogP contribution in [0.3, 0.4) is 0 Å². The number of likely N-dealkylation sites (N-methyl/N-ethyl adjacent to an activating group) is 1. The molecule has 1 N–H and O–H groups in total. The molecule has 4 nitrogen and oxygen atoms in total. The van der Waals surface area contributed by atoms with Crippen molar-refractivity contribution in [2.45, 2.75) is 44.2 Å². The predicted octanol–water partition coefficient (Wildman–Crippen LogP) is 3.04. The number of aryl methyl sites for hydroxylation is 1. The molecule has 0 aliphatic heterocycles. The molecular weight excluding hydrogens is 306 g/mol. The topological polar surface area (TPSA) is 39.1 Å². The maximum atomic E-state index is 5.85. The molecule has 5 heteroatoms. The fourth-order valence-corrected chi connectivity index (χ4v) is 3.88. The number of hydrogen-bond donors (Lipinski definition) is 1. The maximum absolute atomic E-state index is 5.85. The lowest BCUT2D eigenvalue weighted by Crippen LogP contribution is -2.38. The fourth-order valence-electron chi connectivity index (χ4n) is 3.29. The highest BCUT2D eigenvalue weighted by molar-refractivity contribution is 9.10. The lowest BCUT2D eigenvalue weighted by molar-refractivity contribution is 0.00732. The lowest BCUT2D eigenvalue weighted by Gasteiger charge is -2.35. The average Bonchev–Trinajstić information content (AvgIpc) is 2.77. The van der Waals surface area contributed by atoms with E-state index in [0.29, 0.717) is 5.92 Å². The van der Waals surface area contributed by atoms with E-state index in [2.05, 4.69) is 26.3 Å². The van der Waals surface area contributed by atoms with Crippen LogP contribution in [0.25, 0.3) is 0 Å². The van der Waals surface area contributed by atoms with Gasteiger partial charge in [-0.25, -0.2) is 0 Å². The maximum Gasteiger partial charge on any atom is 0.0809 e. The van der Waals surface area contributed by atoms with Gasteiger partial charge in [0.05, 0.1) is 28.5 Å². The smallest absolute Gasteiger partial charge is 0.0809 e. The number of halogens is 1. The third-order valence-corrected chi connectivity index (χ3v) is 4.87. The van der Waals surface area contributed by atoms with Gasteiger partial charge in [-0.3, -0.25) is 4.68 Å². The molecule has 0 aromatic carbocycles. The van der Waals surface area contributed by atoms with Crippen molar-refractivity contribution < 1.29 is 4.74 Å². The Morgan fingerprint density at radius 2 is 2.11 bits per heavy atom. The van der Waals surface area contributed by atoms with Crippen molar-refractivity contribution in [2.75, 3.05) is 14.2 Å². The number of rotatable bonds is 5. The molecule has 0 saturated heterocycles. The monoisotopic (exact) mass is 329 g/mol. The number of hydrogen-bond acceptors (Lipinski definition) is 3. The van der Waals surface area contributed by atoms with Gasteiger partial charge in [-0.05, 0) is 41.7 Å². The summed E-state index contributed by atoms with van der Waals surface area (Å²) in [4.78, 5) is 0. The van der Waals surface area contributed by atoms with E-state index in [1.807, 2.05) is 32.1 Å². The van der Waals surface area contributed by atoms with Gasteiger partial charge >= 0.3 is 0 Å². The normalized spacial score (nSPS) is 20.4. The summed E-state index contributed by atoms with van der Waals surface area (Å²) in [5.41, 5.74) is 1.17. The first-order chi connectivity index (χ1) is 9.19. The molecule has 0 radical (unpaired) electrons. The lowest BCUT2D eigenvalue weighted by atomic mass is 9.82. The van der Waals surface area contributed by atoms with Crippen molar-refractivity contribution in [1.29, 1.82) is 0 Å². The van der Waals surface area contributed by atoms with Crippen LogP contribution in [0, 0.1) is 5.92 Å². The van der Waals surface area contributed by atoms with Crippen molar-refractivity contribution in [3.05, 3.63) is 16.4 Å². The first-order valence-electron chi connectivity index (χ1n) is 7.06.